The maximum atomic E-state index is 6.00. The zero-order chi connectivity index (χ0) is 7.61. The van der Waals surface area contributed by atoms with Gasteiger partial charge in [-0.05, 0) is 26.9 Å². The topological polar surface area (TPSA) is 38.5 Å². The van der Waals surface area contributed by atoms with Crippen molar-refractivity contribution < 1.29 is 4.74 Å². The van der Waals surface area contributed by atoms with Gasteiger partial charge in [0.25, 0.3) is 0 Å². The molecule has 0 spiro atoms. The average Bonchev–Trinajstić information content (AvgIpc) is 1.89. The number of hydrogen-bond donors (Lipinski definition) is 1. The van der Waals surface area contributed by atoms with Crippen molar-refractivity contribution in [3.05, 3.63) is 0 Å². The van der Waals surface area contributed by atoms with Crippen LogP contribution < -0.4 is 5.73 Å². The molecule has 1 saturated heterocycles. The van der Waals surface area contributed by atoms with E-state index in [1.54, 1.807) is 0 Å². The molecule has 0 bridgehead atoms. The Labute approximate surface area is 62.1 Å². The summed E-state index contributed by atoms with van der Waals surface area (Å²) in [5, 5.41) is 0. The maximum absolute atomic E-state index is 6.00. The molecule has 0 aromatic carbocycles. The third-order valence-corrected chi connectivity index (χ3v) is 2.14. The second-order valence-electron chi connectivity index (χ2n) is 3.15. The zero-order valence-electron chi connectivity index (χ0n) is 6.76. The molecule has 3 nitrogen and oxygen atoms in total. The van der Waals surface area contributed by atoms with Crippen LogP contribution in [-0.4, -0.2) is 37.9 Å². The van der Waals surface area contributed by atoms with Crippen molar-refractivity contribution in [1.82, 2.24) is 4.90 Å². The molecule has 3 heteroatoms. The fraction of sp³-hybridized carbons (Fsp3) is 1.00. The molecule has 10 heavy (non-hydrogen) atoms. The molecule has 0 aromatic rings. The van der Waals surface area contributed by atoms with Gasteiger partial charge in [-0.1, -0.05) is 0 Å². The normalized spacial score (nSPS) is 34.8. The molecule has 0 saturated carbocycles. The molecular formula is C7H16N2O. The number of rotatable bonds is 1. The van der Waals surface area contributed by atoms with Crippen LogP contribution in [0.15, 0.2) is 0 Å². The Hall–Kier alpha value is -0.120. The minimum atomic E-state index is -0.210. The summed E-state index contributed by atoms with van der Waals surface area (Å²) in [5.41, 5.74) is 5.79. The van der Waals surface area contributed by atoms with Crippen molar-refractivity contribution in [3.8, 4) is 0 Å². The molecule has 0 aliphatic carbocycles. The number of nitrogens with zero attached hydrogens (tertiary/aromatic N) is 1. The lowest BCUT2D eigenvalue weighted by atomic mass is 10.0. The highest BCUT2D eigenvalue weighted by molar-refractivity contribution is 4.83. The van der Waals surface area contributed by atoms with E-state index in [9.17, 15) is 0 Å². The summed E-state index contributed by atoms with van der Waals surface area (Å²) in [7, 11) is 3.99. The summed E-state index contributed by atoms with van der Waals surface area (Å²) in [4.78, 5) is 2.03. The smallest absolute Gasteiger partial charge is 0.0923 e. The molecule has 1 atom stereocenters. The molecular weight excluding hydrogens is 128 g/mol. The van der Waals surface area contributed by atoms with E-state index in [0.29, 0.717) is 6.61 Å². The Kier molecular flexibility index (Phi) is 2.28. The van der Waals surface area contributed by atoms with Crippen LogP contribution in [0.25, 0.3) is 0 Å². The first kappa shape index (κ1) is 7.98. The van der Waals surface area contributed by atoms with Crippen molar-refractivity contribution >= 4 is 0 Å². The predicted octanol–water partition coefficient (Wildman–Crippen LogP) is 0.0134. The van der Waals surface area contributed by atoms with Gasteiger partial charge in [0.05, 0.1) is 12.3 Å². The fourth-order valence-electron chi connectivity index (χ4n) is 1.15. The van der Waals surface area contributed by atoms with Crippen LogP contribution in [0.1, 0.15) is 12.8 Å². The second-order valence-corrected chi connectivity index (χ2v) is 3.15. The van der Waals surface area contributed by atoms with Crippen molar-refractivity contribution in [3.63, 3.8) is 0 Å². The van der Waals surface area contributed by atoms with Gasteiger partial charge in [0.15, 0.2) is 0 Å². The van der Waals surface area contributed by atoms with E-state index in [0.717, 1.165) is 19.4 Å². The number of ether oxygens (including phenoxy) is 1. The van der Waals surface area contributed by atoms with Gasteiger partial charge >= 0.3 is 0 Å². The van der Waals surface area contributed by atoms with Crippen LogP contribution >= 0.6 is 0 Å². The highest BCUT2D eigenvalue weighted by Crippen LogP contribution is 2.17. The lowest BCUT2D eigenvalue weighted by Gasteiger charge is -2.38. The highest BCUT2D eigenvalue weighted by atomic mass is 16.5. The predicted molar refractivity (Wildman–Crippen MR) is 40.7 cm³/mol. The van der Waals surface area contributed by atoms with Gasteiger partial charge in [0.1, 0.15) is 0 Å². The molecule has 1 aliphatic rings. The molecule has 1 fully saturated rings. The molecule has 2 N–H and O–H groups in total. The minimum Gasteiger partial charge on any atom is -0.378 e. The number of likely N-dealkylation sites (N-methyl/N-ethyl adjacent to an activating group) is 1. The van der Waals surface area contributed by atoms with Gasteiger partial charge in [-0.2, -0.15) is 0 Å². The van der Waals surface area contributed by atoms with Crippen LogP contribution in [0.5, 0.6) is 0 Å². The maximum Gasteiger partial charge on any atom is 0.0923 e. The van der Waals surface area contributed by atoms with Crippen LogP contribution in [-0.2, 0) is 4.74 Å². The van der Waals surface area contributed by atoms with E-state index < -0.39 is 0 Å². The molecule has 0 aromatic heterocycles. The second kappa shape index (κ2) is 2.86. The summed E-state index contributed by atoms with van der Waals surface area (Å²) < 4.78 is 5.28. The van der Waals surface area contributed by atoms with Gasteiger partial charge in [-0.25, -0.2) is 0 Å². The van der Waals surface area contributed by atoms with E-state index in [4.69, 9.17) is 10.5 Å². The van der Waals surface area contributed by atoms with E-state index in [2.05, 4.69) is 0 Å². The van der Waals surface area contributed by atoms with Crippen molar-refractivity contribution in [2.24, 2.45) is 5.73 Å². The first-order valence-corrected chi connectivity index (χ1v) is 3.69. The Morgan fingerprint density at radius 1 is 1.50 bits per heavy atom. The summed E-state index contributed by atoms with van der Waals surface area (Å²) in [6, 6.07) is 0. The Morgan fingerprint density at radius 3 is 2.50 bits per heavy atom. The molecule has 1 heterocycles. The molecule has 0 radical (unpaired) electrons. The molecule has 1 rings (SSSR count). The van der Waals surface area contributed by atoms with E-state index in [1.807, 2.05) is 19.0 Å². The third kappa shape index (κ3) is 1.48. The van der Waals surface area contributed by atoms with Crippen molar-refractivity contribution in [1.29, 1.82) is 0 Å². The Morgan fingerprint density at radius 2 is 2.20 bits per heavy atom. The Bertz CT molecular complexity index is 108. The van der Waals surface area contributed by atoms with Gasteiger partial charge in [0.2, 0.25) is 0 Å². The van der Waals surface area contributed by atoms with Gasteiger partial charge in [-0.15, -0.1) is 0 Å². The van der Waals surface area contributed by atoms with Gasteiger partial charge < -0.3 is 10.5 Å². The molecule has 1 unspecified atom stereocenters. The summed E-state index contributed by atoms with van der Waals surface area (Å²) in [5.74, 6) is 0. The number of hydrogen-bond acceptors (Lipinski definition) is 3. The molecule has 1 aliphatic heterocycles. The largest absolute Gasteiger partial charge is 0.378 e. The summed E-state index contributed by atoms with van der Waals surface area (Å²) in [6.45, 7) is 1.53. The van der Waals surface area contributed by atoms with E-state index in [-0.39, 0.29) is 5.66 Å². The summed E-state index contributed by atoms with van der Waals surface area (Å²) in [6.07, 6.45) is 2.12. The fourth-order valence-corrected chi connectivity index (χ4v) is 1.15. The average molecular weight is 144 g/mol. The first-order valence-electron chi connectivity index (χ1n) is 3.69. The van der Waals surface area contributed by atoms with Crippen molar-refractivity contribution in [2.45, 2.75) is 18.5 Å². The van der Waals surface area contributed by atoms with Crippen LogP contribution in [0.3, 0.4) is 0 Å². The molecule has 60 valence electrons. The number of nitrogens with two attached hydrogens (primary N) is 1. The highest BCUT2D eigenvalue weighted by Gasteiger charge is 2.29. The van der Waals surface area contributed by atoms with Crippen LogP contribution in [0.4, 0.5) is 0 Å². The first-order chi connectivity index (χ1) is 4.65. The summed E-state index contributed by atoms with van der Waals surface area (Å²) >= 11 is 0. The third-order valence-electron chi connectivity index (χ3n) is 2.14. The standard InChI is InChI=1S/C7H16N2O/c1-9(2)7(8)4-3-5-10-6-7/h3-6,8H2,1-2H3. The lowest BCUT2D eigenvalue weighted by Crippen LogP contribution is -2.57. The van der Waals surface area contributed by atoms with Gasteiger partial charge in [-0.3, -0.25) is 4.90 Å². The van der Waals surface area contributed by atoms with Crippen LogP contribution in [0.2, 0.25) is 0 Å². The molecule has 0 amide bonds. The quantitative estimate of drug-likeness (QED) is 0.527. The van der Waals surface area contributed by atoms with Crippen LogP contribution in [0, 0.1) is 0 Å². The van der Waals surface area contributed by atoms with E-state index >= 15 is 0 Å². The lowest BCUT2D eigenvalue weighted by molar-refractivity contribution is -0.0258. The Balaban J connectivity index is 2.48. The monoisotopic (exact) mass is 144 g/mol. The zero-order valence-corrected chi connectivity index (χ0v) is 6.76. The van der Waals surface area contributed by atoms with Gasteiger partial charge in [0, 0.05) is 6.61 Å². The minimum absolute atomic E-state index is 0.210. The van der Waals surface area contributed by atoms with E-state index in [1.165, 1.54) is 0 Å². The SMILES string of the molecule is CN(C)C1(N)CCCOC1. The van der Waals surface area contributed by atoms with Crippen molar-refractivity contribution in [2.75, 3.05) is 27.3 Å².